The minimum atomic E-state index is -1.07. The Morgan fingerprint density at radius 3 is 2.67 bits per heavy atom. The van der Waals surface area contributed by atoms with Crippen LogP contribution in [-0.4, -0.2) is 27.8 Å². The third-order valence-corrected chi connectivity index (χ3v) is 5.34. The van der Waals surface area contributed by atoms with E-state index >= 15 is 0 Å². The summed E-state index contributed by atoms with van der Waals surface area (Å²) in [7, 11) is 0. The standard InChI is InChI=1S/C19H18BrN3O3S/c1-2-23(19-22-21-17(27-19)18(24)25)11-14-10-15(20)8-9-16(14)26-12-13-6-4-3-5-7-13/h3-10H,2,11-12H2,1H3,(H,24,25). The van der Waals surface area contributed by atoms with Crippen LogP contribution in [0.4, 0.5) is 5.13 Å². The van der Waals surface area contributed by atoms with Crippen LogP contribution in [0.2, 0.25) is 0 Å². The fourth-order valence-electron chi connectivity index (χ4n) is 2.50. The molecule has 2 aromatic carbocycles. The number of nitrogens with zero attached hydrogens (tertiary/aromatic N) is 3. The molecule has 1 heterocycles. The van der Waals surface area contributed by atoms with E-state index in [1.165, 1.54) is 0 Å². The smallest absolute Gasteiger partial charge is 0.367 e. The average Bonchev–Trinajstić information content (AvgIpc) is 3.16. The molecule has 0 radical (unpaired) electrons. The van der Waals surface area contributed by atoms with Gasteiger partial charge in [0, 0.05) is 23.1 Å². The molecule has 3 aromatic rings. The van der Waals surface area contributed by atoms with Crippen molar-refractivity contribution in [2.45, 2.75) is 20.1 Å². The van der Waals surface area contributed by atoms with E-state index < -0.39 is 5.97 Å². The minimum Gasteiger partial charge on any atom is -0.489 e. The first-order chi connectivity index (χ1) is 13.1. The summed E-state index contributed by atoms with van der Waals surface area (Å²) in [5, 5.41) is 17.4. The van der Waals surface area contributed by atoms with Crippen molar-refractivity contribution in [1.29, 1.82) is 0 Å². The van der Waals surface area contributed by atoms with Gasteiger partial charge in [-0.15, -0.1) is 10.2 Å². The molecule has 0 spiro atoms. The molecule has 0 aliphatic rings. The number of hydrogen-bond acceptors (Lipinski definition) is 6. The number of halogens is 1. The molecule has 27 heavy (non-hydrogen) atoms. The van der Waals surface area contributed by atoms with E-state index in [0.29, 0.717) is 24.8 Å². The number of benzene rings is 2. The second-order valence-corrected chi connectivity index (χ2v) is 7.61. The third-order valence-electron chi connectivity index (χ3n) is 3.87. The lowest BCUT2D eigenvalue weighted by Crippen LogP contribution is -2.22. The first-order valence-corrected chi connectivity index (χ1v) is 9.94. The number of carboxylic acids is 1. The number of rotatable bonds is 8. The normalized spacial score (nSPS) is 10.6. The zero-order chi connectivity index (χ0) is 19.2. The molecule has 0 aliphatic heterocycles. The highest BCUT2D eigenvalue weighted by Gasteiger charge is 2.17. The minimum absolute atomic E-state index is 0.0155. The van der Waals surface area contributed by atoms with E-state index in [2.05, 4.69) is 26.1 Å². The molecule has 3 rings (SSSR count). The molecule has 8 heteroatoms. The molecular formula is C19H18BrN3O3S. The summed E-state index contributed by atoms with van der Waals surface area (Å²) in [6.07, 6.45) is 0. The van der Waals surface area contributed by atoms with Gasteiger partial charge >= 0.3 is 5.97 Å². The Balaban J connectivity index is 1.79. The average molecular weight is 448 g/mol. The highest BCUT2D eigenvalue weighted by Crippen LogP contribution is 2.28. The summed E-state index contributed by atoms with van der Waals surface area (Å²) in [5.74, 6) is -0.285. The second-order valence-electron chi connectivity index (χ2n) is 5.74. The second kappa shape index (κ2) is 8.96. The van der Waals surface area contributed by atoms with Gasteiger partial charge < -0.3 is 14.7 Å². The van der Waals surface area contributed by atoms with Gasteiger partial charge in [-0.25, -0.2) is 4.79 Å². The van der Waals surface area contributed by atoms with Crippen molar-refractivity contribution >= 4 is 38.4 Å². The molecule has 1 aromatic heterocycles. The van der Waals surface area contributed by atoms with Gasteiger partial charge in [0.05, 0.1) is 0 Å². The largest absolute Gasteiger partial charge is 0.489 e. The van der Waals surface area contributed by atoms with E-state index in [1.54, 1.807) is 0 Å². The Morgan fingerprint density at radius 2 is 2.00 bits per heavy atom. The molecule has 0 saturated heterocycles. The van der Waals surface area contributed by atoms with Crippen LogP contribution in [0.15, 0.2) is 53.0 Å². The molecule has 6 nitrogen and oxygen atoms in total. The summed E-state index contributed by atoms with van der Waals surface area (Å²) in [6.45, 7) is 3.67. The number of aromatic nitrogens is 2. The van der Waals surface area contributed by atoms with Gasteiger partial charge in [-0.2, -0.15) is 0 Å². The van der Waals surface area contributed by atoms with Gasteiger partial charge in [0.15, 0.2) is 0 Å². The molecule has 0 aliphatic carbocycles. The highest BCUT2D eigenvalue weighted by atomic mass is 79.9. The lowest BCUT2D eigenvalue weighted by Gasteiger charge is -2.21. The summed E-state index contributed by atoms with van der Waals surface area (Å²) in [6, 6.07) is 15.8. The zero-order valence-corrected chi connectivity index (χ0v) is 17.0. The van der Waals surface area contributed by atoms with E-state index in [-0.39, 0.29) is 5.01 Å². The van der Waals surface area contributed by atoms with Crippen LogP contribution in [0.5, 0.6) is 5.75 Å². The summed E-state index contributed by atoms with van der Waals surface area (Å²) in [5.41, 5.74) is 2.07. The number of hydrogen-bond donors (Lipinski definition) is 1. The molecule has 0 bridgehead atoms. The first-order valence-electron chi connectivity index (χ1n) is 8.33. The van der Waals surface area contributed by atoms with Gasteiger partial charge in [0.1, 0.15) is 12.4 Å². The number of ether oxygens (including phenoxy) is 1. The maximum absolute atomic E-state index is 11.1. The SMILES string of the molecule is CCN(Cc1cc(Br)ccc1OCc1ccccc1)c1nnc(C(=O)O)s1. The molecule has 140 valence electrons. The van der Waals surface area contributed by atoms with E-state index in [9.17, 15) is 4.79 Å². The highest BCUT2D eigenvalue weighted by molar-refractivity contribution is 9.10. The Morgan fingerprint density at radius 1 is 1.22 bits per heavy atom. The van der Waals surface area contributed by atoms with Crippen LogP contribution in [0.25, 0.3) is 0 Å². The maximum Gasteiger partial charge on any atom is 0.367 e. The molecular weight excluding hydrogens is 430 g/mol. The van der Waals surface area contributed by atoms with Crippen LogP contribution in [0.3, 0.4) is 0 Å². The molecule has 0 fully saturated rings. The van der Waals surface area contributed by atoms with Crippen LogP contribution >= 0.6 is 27.3 Å². The van der Waals surface area contributed by atoms with E-state index in [4.69, 9.17) is 9.84 Å². The maximum atomic E-state index is 11.1. The van der Waals surface area contributed by atoms with Crippen LogP contribution < -0.4 is 9.64 Å². The lowest BCUT2D eigenvalue weighted by molar-refractivity contribution is 0.0695. The number of aromatic carboxylic acids is 1. The lowest BCUT2D eigenvalue weighted by atomic mass is 10.2. The zero-order valence-electron chi connectivity index (χ0n) is 14.6. The van der Waals surface area contributed by atoms with Crippen molar-refractivity contribution in [3.8, 4) is 5.75 Å². The van der Waals surface area contributed by atoms with Crippen molar-refractivity contribution < 1.29 is 14.6 Å². The summed E-state index contributed by atoms with van der Waals surface area (Å²) >= 11 is 4.57. The molecule has 0 amide bonds. The quantitative estimate of drug-likeness (QED) is 0.543. The van der Waals surface area contributed by atoms with Crippen LogP contribution in [0, 0.1) is 0 Å². The Kier molecular flexibility index (Phi) is 6.41. The van der Waals surface area contributed by atoms with Crippen molar-refractivity contribution in [2.75, 3.05) is 11.4 Å². The fraction of sp³-hybridized carbons (Fsp3) is 0.211. The van der Waals surface area contributed by atoms with Gasteiger partial charge in [-0.1, -0.05) is 57.6 Å². The monoisotopic (exact) mass is 447 g/mol. The van der Waals surface area contributed by atoms with Gasteiger partial charge in [-0.05, 0) is 30.7 Å². The number of carboxylic acid groups (broad SMARTS) is 1. The van der Waals surface area contributed by atoms with Crippen LogP contribution in [0.1, 0.15) is 27.9 Å². The molecule has 0 saturated carbocycles. The van der Waals surface area contributed by atoms with Crippen molar-refractivity contribution in [1.82, 2.24) is 10.2 Å². The molecule has 0 atom stereocenters. The van der Waals surface area contributed by atoms with Crippen molar-refractivity contribution in [2.24, 2.45) is 0 Å². The molecule has 0 unspecified atom stereocenters. The van der Waals surface area contributed by atoms with Crippen molar-refractivity contribution in [3.05, 3.63) is 69.1 Å². The topological polar surface area (TPSA) is 75.5 Å². The van der Waals surface area contributed by atoms with Crippen LogP contribution in [-0.2, 0) is 13.2 Å². The summed E-state index contributed by atoms with van der Waals surface area (Å²) in [4.78, 5) is 13.0. The van der Waals surface area contributed by atoms with E-state index in [1.807, 2.05) is 60.4 Å². The Bertz CT molecular complexity index is 918. The number of anilines is 1. The Labute approximate surface area is 169 Å². The summed E-state index contributed by atoms with van der Waals surface area (Å²) < 4.78 is 6.98. The first kappa shape index (κ1) is 19.3. The molecule has 1 N–H and O–H groups in total. The third kappa shape index (κ3) is 5.05. The van der Waals surface area contributed by atoms with Crippen molar-refractivity contribution in [3.63, 3.8) is 0 Å². The van der Waals surface area contributed by atoms with E-state index in [0.717, 1.165) is 32.7 Å². The van der Waals surface area contributed by atoms with Gasteiger partial charge in [-0.3, -0.25) is 0 Å². The fourth-order valence-corrected chi connectivity index (χ4v) is 3.65. The van der Waals surface area contributed by atoms with Gasteiger partial charge in [0.2, 0.25) is 10.1 Å². The predicted molar refractivity (Wildman–Crippen MR) is 109 cm³/mol. The number of carbonyl (C=O) groups is 1. The van der Waals surface area contributed by atoms with Gasteiger partial charge in [0.25, 0.3) is 0 Å². The Hall–Kier alpha value is -2.45. The predicted octanol–water partition coefficient (Wildman–Crippen LogP) is 4.60.